The van der Waals surface area contributed by atoms with Crippen molar-refractivity contribution in [2.75, 3.05) is 0 Å². The summed E-state index contributed by atoms with van der Waals surface area (Å²) >= 11 is 0. The molecule has 1 atom stereocenters. The van der Waals surface area contributed by atoms with Crippen LogP contribution in [0.15, 0.2) is 120 Å². The Morgan fingerprint density at radius 1 is 0.797 bits per heavy atom. The Hall–Kier alpha value is -5.13. The van der Waals surface area contributed by atoms with E-state index in [9.17, 15) is 0 Å². The van der Waals surface area contributed by atoms with Crippen LogP contribution in [-0.4, -0.2) is 22.6 Å². The molecule has 3 heterocycles. The average Bonchev–Trinajstić information content (AvgIpc) is 3.75. The number of hydrogen-bond donors (Lipinski definition) is 0. The van der Waals surface area contributed by atoms with Crippen molar-refractivity contribution < 1.29 is 25.9 Å². The number of hydrogen-bond acceptors (Lipinski definition) is 3. The van der Waals surface area contributed by atoms with E-state index < -0.39 is 14.0 Å². The number of pyridine rings is 1. The summed E-state index contributed by atoms with van der Waals surface area (Å²) in [6, 6.07) is 44.6. The molecular formula is C53H53IrN3OSi-2. The van der Waals surface area contributed by atoms with Crippen LogP contribution < -0.4 is 5.19 Å². The molecule has 0 aliphatic carbocycles. The van der Waals surface area contributed by atoms with E-state index in [-0.39, 0.29) is 25.5 Å². The molecule has 1 radical (unpaired) electrons. The molecule has 0 fully saturated rings. The number of aryl methyl sites for hydroxylation is 4. The van der Waals surface area contributed by atoms with Crippen molar-refractivity contribution in [1.82, 2.24) is 14.5 Å². The number of rotatable bonds is 5. The Labute approximate surface area is 365 Å². The number of fused-ring (bicyclic) bond motifs is 5. The fourth-order valence-corrected chi connectivity index (χ4v) is 9.56. The summed E-state index contributed by atoms with van der Waals surface area (Å²) < 4.78 is 17.9. The second kappa shape index (κ2) is 16.1. The molecule has 6 heteroatoms. The molecule has 301 valence electrons. The van der Waals surface area contributed by atoms with Gasteiger partial charge in [0.15, 0.2) is 0 Å². The van der Waals surface area contributed by atoms with Gasteiger partial charge in [-0.3, -0.25) is 4.98 Å². The first-order valence-electron chi connectivity index (χ1n) is 20.7. The first-order valence-corrected chi connectivity index (χ1v) is 23.7. The molecule has 0 N–H and O–H groups in total. The van der Waals surface area contributed by atoms with Crippen LogP contribution in [0.3, 0.4) is 0 Å². The minimum Gasteiger partial charge on any atom is -0.501 e. The summed E-state index contributed by atoms with van der Waals surface area (Å²) in [7, 11) is -1.58. The summed E-state index contributed by atoms with van der Waals surface area (Å²) in [5.41, 5.74) is 13.4. The van der Waals surface area contributed by atoms with Gasteiger partial charge in [-0.1, -0.05) is 131 Å². The van der Waals surface area contributed by atoms with E-state index in [2.05, 4.69) is 170 Å². The summed E-state index contributed by atoms with van der Waals surface area (Å²) in [6.45, 7) is 24.0. The van der Waals surface area contributed by atoms with E-state index in [1.54, 1.807) is 0 Å². The second-order valence-electron chi connectivity index (χ2n) is 17.9. The Bertz CT molecular complexity index is 3020. The van der Waals surface area contributed by atoms with Crippen molar-refractivity contribution in [1.29, 1.82) is 0 Å². The van der Waals surface area contributed by atoms with Gasteiger partial charge in [-0.2, -0.15) is 0 Å². The van der Waals surface area contributed by atoms with Crippen molar-refractivity contribution in [3.63, 3.8) is 0 Å². The summed E-state index contributed by atoms with van der Waals surface area (Å²) in [5, 5.41) is 5.92. The first-order chi connectivity index (χ1) is 27.9. The van der Waals surface area contributed by atoms with E-state index in [1.807, 2.05) is 37.4 Å². The zero-order valence-electron chi connectivity index (χ0n) is 37.1. The summed E-state index contributed by atoms with van der Waals surface area (Å²) in [4.78, 5) is 9.92. The van der Waals surface area contributed by atoms with Gasteiger partial charge in [-0.25, -0.2) is 0 Å². The van der Waals surface area contributed by atoms with Gasteiger partial charge in [-0.05, 0) is 88.6 Å². The van der Waals surface area contributed by atoms with Crippen LogP contribution in [0.2, 0.25) is 19.6 Å². The monoisotopic (exact) mass is 969 g/mol. The Kier molecular flexibility index (Phi) is 11.1. The van der Waals surface area contributed by atoms with Gasteiger partial charge in [0.25, 0.3) is 0 Å². The number of benzene rings is 6. The maximum Gasteiger partial charge on any atom is 0.121 e. The van der Waals surface area contributed by atoms with Gasteiger partial charge in [-0.15, -0.1) is 53.6 Å². The van der Waals surface area contributed by atoms with Crippen LogP contribution in [0.25, 0.3) is 72.1 Å². The molecule has 6 aromatic carbocycles. The SMILES string of the molecule is Cc1ccc2c(c1)oc1c(-c3nc4cc5ccccc5cc4n3-c3c(C)cccc3C)[c-]cc(C)c12.[2H]C(C)(c1cc(-c2[c-]cccc2)ncc1[Si](C)(C)C)C(C)(C)C.[Ir]. The molecule has 1 unspecified atom stereocenters. The molecule has 0 aliphatic heterocycles. The van der Waals surface area contributed by atoms with Crippen LogP contribution in [0.4, 0.5) is 0 Å². The van der Waals surface area contributed by atoms with E-state index >= 15 is 0 Å². The number of nitrogens with zero attached hydrogens (tertiary/aromatic N) is 3. The normalized spacial score (nSPS) is 13.2. The Morgan fingerprint density at radius 2 is 1.49 bits per heavy atom. The van der Waals surface area contributed by atoms with Crippen molar-refractivity contribution >= 4 is 57.0 Å². The number of imidazole rings is 1. The Balaban J connectivity index is 0.000000198. The van der Waals surface area contributed by atoms with E-state index in [0.29, 0.717) is 0 Å². The predicted octanol–water partition coefficient (Wildman–Crippen LogP) is 14.0. The molecular weight excluding hydrogens is 915 g/mol. The Morgan fingerprint density at radius 3 is 2.15 bits per heavy atom. The van der Waals surface area contributed by atoms with Gasteiger partial charge in [0, 0.05) is 38.7 Å². The zero-order valence-corrected chi connectivity index (χ0v) is 39.4. The number of para-hydroxylation sites is 1. The third-order valence-corrected chi connectivity index (χ3v) is 13.5. The quantitative estimate of drug-likeness (QED) is 0.127. The van der Waals surface area contributed by atoms with Crippen LogP contribution >= 0.6 is 0 Å². The molecule has 0 aliphatic rings. The molecule has 59 heavy (non-hydrogen) atoms. The van der Waals surface area contributed by atoms with Crippen LogP contribution in [0, 0.1) is 45.2 Å². The molecule has 0 bridgehead atoms. The van der Waals surface area contributed by atoms with Gasteiger partial charge in [0.05, 0.1) is 30.5 Å². The van der Waals surface area contributed by atoms with Gasteiger partial charge < -0.3 is 14.0 Å². The molecule has 0 amide bonds. The fourth-order valence-electron chi connectivity index (χ4n) is 8.04. The maximum atomic E-state index is 9.08. The maximum absolute atomic E-state index is 9.08. The van der Waals surface area contributed by atoms with Gasteiger partial charge in [0.1, 0.15) is 5.58 Å². The zero-order chi connectivity index (χ0) is 42.0. The molecule has 4 nitrogen and oxygen atoms in total. The molecule has 3 aromatic heterocycles. The van der Waals surface area contributed by atoms with Crippen LogP contribution in [0.1, 0.15) is 62.8 Å². The average molecular weight is 969 g/mol. The minimum absolute atomic E-state index is 0. The molecule has 9 aromatic rings. The molecule has 9 rings (SSSR count). The van der Waals surface area contributed by atoms with E-state index in [4.69, 9.17) is 15.8 Å². The van der Waals surface area contributed by atoms with Crippen molar-refractivity contribution in [2.45, 2.75) is 80.9 Å². The minimum atomic E-state index is -1.58. The van der Waals surface area contributed by atoms with E-state index in [0.717, 1.165) is 72.4 Å². The summed E-state index contributed by atoms with van der Waals surface area (Å²) in [6.07, 6.45) is 2.01. The largest absolute Gasteiger partial charge is 0.501 e. The van der Waals surface area contributed by atoms with Crippen molar-refractivity contribution in [3.8, 4) is 28.3 Å². The van der Waals surface area contributed by atoms with Crippen molar-refractivity contribution in [2.24, 2.45) is 5.41 Å². The van der Waals surface area contributed by atoms with Gasteiger partial charge >= 0.3 is 0 Å². The third kappa shape index (κ3) is 7.99. The predicted molar refractivity (Wildman–Crippen MR) is 248 cm³/mol. The number of furan rings is 1. The topological polar surface area (TPSA) is 43.9 Å². The second-order valence-corrected chi connectivity index (χ2v) is 22.9. The first kappa shape index (κ1) is 40.6. The fraction of sp³-hybridized carbons (Fsp3) is 0.245. The van der Waals surface area contributed by atoms with Gasteiger partial charge in [0.2, 0.25) is 0 Å². The van der Waals surface area contributed by atoms with E-state index in [1.165, 1.54) is 32.6 Å². The van der Waals surface area contributed by atoms with Crippen LogP contribution in [0.5, 0.6) is 0 Å². The number of aromatic nitrogens is 3. The van der Waals surface area contributed by atoms with Crippen molar-refractivity contribution in [3.05, 3.63) is 155 Å². The summed E-state index contributed by atoms with van der Waals surface area (Å²) in [5.74, 6) is 0.174. The smallest absolute Gasteiger partial charge is 0.121 e. The standard InChI is InChI=1S/C33H25N2O.C20H28NSi.Ir/c1-19-12-14-25-29(16-19)36-32-26(15-13-20(2)30(25)32)33-34-27-17-23-10-5-6-11-24(23)18-28(27)35(33)31-21(3)8-7-9-22(31)4;1-15(20(2,3)4)17-13-18(16-11-9-8-10-12-16)21-14-19(17)22(5,6)7;/h5-14,16-18H,1-4H3;8-11,13-15H,1-7H3;/q2*-1;/i;15D;. The molecule has 0 saturated heterocycles. The molecule has 0 saturated carbocycles. The third-order valence-electron chi connectivity index (χ3n) is 11.5. The van der Waals surface area contributed by atoms with Crippen LogP contribution in [-0.2, 0) is 20.1 Å². The molecule has 0 spiro atoms.